The molecule has 88 valence electrons. The van der Waals surface area contributed by atoms with Crippen LogP contribution in [0.5, 0.6) is 0 Å². The molecule has 2 unspecified atom stereocenters. The quantitative estimate of drug-likeness (QED) is 0.778. The summed E-state index contributed by atoms with van der Waals surface area (Å²) in [6.45, 7) is 10.6. The van der Waals surface area contributed by atoms with Crippen molar-refractivity contribution in [1.29, 1.82) is 0 Å². The maximum absolute atomic E-state index is 3.61. The van der Waals surface area contributed by atoms with Gasteiger partial charge in [-0.2, -0.15) is 11.8 Å². The zero-order valence-corrected chi connectivity index (χ0v) is 11.1. The van der Waals surface area contributed by atoms with Crippen LogP contribution in [0.4, 0.5) is 0 Å². The summed E-state index contributed by atoms with van der Waals surface area (Å²) < 4.78 is 0. The summed E-state index contributed by atoms with van der Waals surface area (Å²) in [4.78, 5) is 2.68. The minimum atomic E-state index is 0.301. The molecule has 0 aromatic carbocycles. The lowest BCUT2D eigenvalue weighted by Crippen LogP contribution is -2.61. The highest BCUT2D eigenvalue weighted by Gasteiger charge is 2.31. The van der Waals surface area contributed by atoms with Crippen molar-refractivity contribution in [2.24, 2.45) is 0 Å². The molecule has 2 saturated heterocycles. The Balaban J connectivity index is 1.88. The van der Waals surface area contributed by atoms with Gasteiger partial charge in [0.05, 0.1) is 0 Å². The topological polar surface area (TPSA) is 15.3 Å². The van der Waals surface area contributed by atoms with E-state index in [0.717, 1.165) is 11.8 Å². The number of piperazine rings is 1. The average molecular weight is 228 g/mol. The van der Waals surface area contributed by atoms with E-state index in [9.17, 15) is 0 Å². The van der Waals surface area contributed by atoms with Gasteiger partial charge in [-0.25, -0.2) is 0 Å². The van der Waals surface area contributed by atoms with Crippen LogP contribution < -0.4 is 5.32 Å². The first-order chi connectivity index (χ1) is 7.07. The monoisotopic (exact) mass is 228 g/mol. The molecule has 0 radical (unpaired) electrons. The van der Waals surface area contributed by atoms with Crippen LogP contribution >= 0.6 is 11.8 Å². The summed E-state index contributed by atoms with van der Waals surface area (Å²) in [5.41, 5.74) is 0.301. The van der Waals surface area contributed by atoms with Gasteiger partial charge in [0.2, 0.25) is 0 Å². The summed E-state index contributed by atoms with van der Waals surface area (Å²) in [5.74, 6) is 1.38. The standard InChI is InChI=1S/C12H24N2S/c1-10-7-13-12(2,3)9-14(10)8-11-5-4-6-15-11/h10-11,13H,4-9H2,1-3H3. The number of nitrogens with zero attached hydrogens (tertiary/aromatic N) is 1. The Morgan fingerprint density at radius 3 is 2.93 bits per heavy atom. The van der Waals surface area contributed by atoms with Gasteiger partial charge in [-0.05, 0) is 39.4 Å². The molecule has 2 nitrogen and oxygen atoms in total. The van der Waals surface area contributed by atoms with Gasteiger partial charge in [0.1, 0.15) is 0 Å². The lowest BCUT2D eigenvalue weighted by molar-refractivity contribution is 0.105. The van der Waals surface area contributed by atoms with Crippen LogP contribution in [0, 0.1) is 0 Å². The van der Waals surface area contributed by atoms with Crippen molar-refractivity contribution in [2.75, 3.05) is 25.4 Å². The van der Waals surface area contributed by atoms with Gasteiger partial charge in [0.25, 0.3) is 0 Å². The molecular formula is C12H24N2S. The lowest BCUT2D eigenvalue weighted by atomic mass is 9.99. The highest BCUT2D eigenvalue weighted by Crippen LogP contribution is 2.28. The van der Waals surface area contributed by atoms with E-state index >= 15 is 0 Å². The van der Waals surface area contributed by atoms with Crippen LogP contribution in [-0.2, 0) is 0 Å². The third-order valence-electron chi connectivity index (χ3n) is 3.56. The molecule has 1 N–H and O–H groups in total. The second-order valence-corrected chi connectivity index (χ2v) is 7.09. The minimum absolute atomic E-state index is 0.301. The van der Waals surface area contributed by atoms with Crippen molar-refractivity contribution in [1.82, 2.24) is 10.2 Å². The van der Waals surface area contributed by atoms with Gasteiger partial charge in [-0.15, -0.1) is 0 Å². The number of hydrogen-bond donors (Lipinski definition) is 1. The second-order valence-electron chi connectivity index (χ2n) is 5.68. The van der Waals surface area contributed by atoms with Crippen molar-refractivity contribution in [3.63, 3.8) is 0 Å². The highest BCUT2D eigenvalue weighted by atomic mass is 32.2. The molecule has 2 atom stereocenters. The Morgan fingerprint density at radius 1 is 1.47 bits per heavy atom. The Labute approximate surface area is 98.2 Å². The van der Waals surface area contributed by atoms with Gasteiger partial charge < -0.3 is 5.32 Å². The summed E-state index contributed by atoms with van der Waals surface area (Å²) in [5, 5.41) is 4.52. The largest absolute Gasteiger partial charge is 0.309 e. The molecule has 2 heterocycles. The first kappa shape index (κ1) is 11.7. The average Bonchev–Trinajstić information content (AvgIpc) is 2.64. The Bertz CT molecular complexity index is 212. The van der Waals surface area contributed by atoms with Gasteiger partial charge in [0.15, 0.2) is 0 Å². The van der Waals surface area contributed by atoms with E-state index < -0.39 is 0 Å². The van der Waals surface area contributed by atoms with Gasteiger partial charge in [0, 0.05) is 36.5 Å². The zero-order chi connectivity index (χ0) is 10.9. The van der Waals surface area contributed by atoms with Crippen molar-refractivity contribution in [3.8, 4) is 0 Å². The fraction of sp³-hybridized carbons (Fsp3) is 1.00. The first-order valence-corrected chi connectivity index (χ1v) is 7.22. The van der Waals surface area contributed by atoms with Gasteiger partial charge in [-0.3, -0.25) is 4.90 Å². The number of thioether (sulfide) groups is 1. The molecule has 2 rings (SSSR count). The van der Waals surface area contributed by atoms with Crippen molar-refractivity contribution in [3.05, 3.63) is 0 Å². The Hall–Kier alpha value is 0.270. The molecule has 0 saturated carbocycles. The second kappa shape index (κ2) is 4.64. The van der Waals surface area contributed by atoms with Crippen LogP contribution in [0.15, 0.2) is 0 Å². The molecule has 2 aliphatic heterocycles. The van der Waals surface area contributed by atoms with E-state index in [1.165, 1.54) is 31.7 Å². The lowest BCUT2D eigenvalue weighted by Gasteiger charge is -2.44. The molecule has 2 aliphatic rings. The van der Waals surface area contributed by atoms with Gasteiger partial charge in [-0.1, -0.05) is 0 Å². The number of rotatable bonds is 2. The van der Waals surface area contributed by atoms with E-state index in [1.54, 1.807) is 0 Å². The molecule has 2 fully saturated rings. The van der Waals surface area contributed by atoms with E-state index in [2.05, 4.69) is 42.7 Å². The summed E-state index contributed by atoms with van der Waals surface area (Å²) in [7, 11) is 0. The maximum Gasteiger partial charge on any atom is 0.0252 e. The van der Waals surface area contributed by atoms with Gasteiger partial charge >= 0.3 is 0 Å². The molecule has 0 aromatic heterocycles. The third-order valence-corrected chi connectivity index (χ3v) is 4.94. The molecule has 15 heavy (non-hydrogen) atoms. The first-order valence-electron chi connectivity index (χ1n) is 6.17. The van der Waals surface area contributed by atoms with Crippen LogP contribution in [0.3, 0.4) is 0 Å². The fourth-order valence-electron chi connectivity index (χ4n) is 2.57. The SMILES string of the molecule is CC1CNC(C)(C)CN1CC1CCCS1. The summed E-state index contributed by atoms with van der Waals surface area (Å²) in [6, 6.07) is 0.708. The molecule has 0 aromatic rings. The van der Waals surface area contributed by atoms with E-state index in [0.29, 0.717) is 11.6 Å². The minimum Gasteiger partial charge on any atom is -0.309 e. The number of hydrogen-bond acceptors (Lipinski definition) is 3. The van der Waals surface area contributed by atoms with Crippen LogP contribution in [0.25, 0.3) is 0 Å². The molecule has 0 spiro atoms. The zero-order valence-electron chi connectivity index (χ0n) is 10.3. The van der Waals surface area contributed by atoms with Crippen LogP contribution in [0.2, 0.25) is 0 Å². The van der Waals surface area contributed by atoms with E-state index in [4.69, 9.17) is 0 Å². The van der Waals surface area contributed by atoms with Crippen LogP contribution in [-0.4, -0.2) is 47.1 Å². The predicted octanol–water partition coefficient (Wildman–Crippen LogP) is 1.95. The fourth-order valence-corrected chi connectivity index (χ4v) is 3.86. The highest BCUT2D eigenvalue weighted by molar-refractivity contribution is 8.00. The normalized spacial score (nSPS) is 37.0. The Kier molecular flexibility index (Phi) is 3.63. The summed E-state index contributed by atoms with van der Waals surface area (Å²) in [6.07, 6.45) is 2.86. The molecular weight excluding hydrogens is 204 g/mol. The number of nitrogens with one attached hydrogen (secondary N) is 1. The van der Waals surface area contributed by atoms with E-state index in [-0.39, 0.29) is 0 Å². The predicted molar refractivity (Wildman–Crippen MR) is 68.6 cm³/mol. The summed E-state index contributed by atoms with van der Waals surface area (Å²) >= 11 is 2.18. The van der Waals surface area contributed by atoms with E-state index in [1.807, 2.05) is 0 Å². The third kappa shape index (κ3) is 3.11. The van der Waals surface area contributed by atoms with Crippen molar-refractivity contribution in [2.45, 2.75) is 50.4 Å². The maximum atomic E-state index is 3.61. The molecule has 0 amide bonds. The molecule has 0 aliphatic carbocycles. The smallest absolute Gasteiger partial charge is 0.0252 e. The van der Waals surface area contributed by atoms with Crippen molar-refractivity contribution >= 4 is 11.8 Å². The molecule has 0 bridgehead atoms. The van der Waals surface area contributed by atoms with Crippen molar-refractivity contribution < 1.29 is 0 Å². The van der Waals surface area contributed by atoms with Crippen LogP contribution in [0.1, 0.15) is 33.6 Å². The Morgan fingerprint density at radius 2 is 2.27 bits per heavy atom. The molecule has 3 heteroatoms.